The quantitative estimate of drug-likeness (QED) is 0.815. The molecule has 0 atom stereocenters. The number of amides is 1. The van der Waals surface area contributed by atoms with Crippen LogP contribution in [0.3, 0.4) is 0 Å². The van der Waals surface area contributed by atoms with Gasteiger partial charge in [0.2, 0.25) is 5.91 Å². The summed E-state index contributed by atoms with van der Waals surface area (Å²) in [6.07, 6.45) is 4.33. The van der Waals surface area contributed by atoms with Crippen molar-refractivity contribution < 1.29 is 19.1 Å². The number of hydrogen-bond donors (Lipinski definition) is 1. The number of Topliss-reactive ketones (excluding diaryl/α,β-unsaturated/α-hetero) is 1. The van der Waals surface area contributed by atoms with E-state index in [1.807, 2.05) is 24.3 Å². The summed E-state index contributed by atoms with van der Waals surface area (Å²) in [5.74, 6) is 0.667. The molecule has 134 valence electrons. The average molecular weight is 351 g/mol. The molecule has 1 amide bonds. The second kappa shape index (κ2) is 6.83. The molecular weight excluding hydrogens is 330 g/mol. The van der Waals surface area contributed by atoms with Crippen molar-refractivity contribution in [1.29, 1.82) is 0 Å². The number of nitrogens with one attached hydrogen (secondary N) is 1. The summed E-state index contributed by atoms with van der Waals surface area (Å²) in [7, 11) is 0. The Morgan fingerprint density at radius 3 is 2.42 bits per heavy atom. The molecule has 1 fully saturated rings. The van der Waals surface area contributed by atoms with E-state index in [0.717, 1.165) is 31.4 Å². The number of carbonyl (C=O) groups is 2. The number of ketones is 1. The van der Waals surface area contributed by atoms with Crippen LogP contribution < -0.4 is 14.8 Å². The fraction of sp³-hybridized carbons (Fsp3) is 0.333. The number of rotatable bonds is 5. The van der Waals surface area contributed by atoms with Crippen molar-refractivity contribution in [3.8, 4) is 11.5 Å². The number of anilines is 1. The highest BCUT2D eigenvalue weighted by Crippen LogP contribution is 2.47. The highest BCUT2D eigenvalue weighted by atomic mass is 16.7. The van der Waals surface area contributed by atoms with Crippen molar-refractivity contribution in [2.45, 2.75) is 44.3 Å². The predicted octanol–water partition coefficient (Wildman–Crippen LogP) is 4.33. The van der Waals surface area contributed by atoms with Gasteiger partial charge in [-0.05, 0) is 25.0 Å². The van der Waals surface area contributed by atoms with Crippen LogP contribution in [-0.4, -0.2) is 17.5 Å². The lowest BCUT2D eigenvalue weighted by molar-refractivity contribution is -0.116. The maximum absolute atomic E-state index is 12.2. The summed E-state index contributed by atoms with van der Waals surface area (Å²) in [6, 6.07) is 14.4. The third-order valence-corrected chi connectivity index (χ3v) is 4.86. The Morgan fingerprint density at radius 1 is 0.923 bits per heavy atom. The highest BCUT2D eigenvalue weighted by Gasteiger charge is 2.44. The van der Waals surface area contributed by atoms with Gasteiger partial charge in [-0.1, -0.05) is 30.3 Å². The van der Waals surface area contributed by atoms with Crippen LogP contribution in [0.15, 0.2) is 48.5 Å². The van der Waals surface area contributed by atoms with Crippen LogP contribution >= 0.6 is 0 Å². The molecule has 4 rings (SSSR count). The van der Waals surface area contributed by atoms with Gasteiger partial charge in [0.05, 0.1) is 0 Å². The smallest absolute Gasteiger partial charge is 0.251 e. The second-order valence-electron chi connectivity index (χ2n) is 6.82. The highest BCUT2D eigenvalue weighted by molar-refractivity contribution is 6.00. The van der Waals surface area contributed by atoms with E-state index in [-0.39, 0.29) is 24.5 Å². The van der Waals surface area contributed by atoms with Crippen LogP contribution in [0.4, 0.5) is 5.69 Å². The van der Waals surface area contributed by atoms with Gasteiger partial charge in [-0.3, -0.25) is 9.59 Å². The Labute approximate surface area is 152 Å². The first-order chi connectivity index (χ1) is 12.6. The summed E-state index contributed by atoms with van der Waals surface area (Å²) >= 11 is 0. The standard InChI is InChI=1S/C21H21NO4/c23-17(15-6-2-1-3-7-15)9-11-20(24)22-16-8-10-18-19(14-16)26-21(25-18)12-4-5-13-21/h1-3,6-8,10,14H,4-5,9,11-13H2,(H,22,24). The molecule has 0 unspecified atom stereocenters. The Balaban J connectivity index is 1.34. The zero-order valence-corrected chi connectivity index (χ0v) is 14.5. The van der Waals surface area contributed by atoms with E-state index in [1.165, 1.54) is 0 Å². The third kappa shape index (κ3) is 3.43. The SMILES string of the molecule is O=C(CCC(=O)c1ccccc1)Nc1ccc2c(c1)OC1(CCCC1)O2. The van der Waals surface area contributed by atoms with E-state index in [9.17, 15) is 9.59 Å². The van der Waals surface area contributed by atoms with E-state index < -0.39 is 5.79 Å². The van der Waals surface area contributed by atoms with Crippen molar-refractivity contribution in [2.24, 2.45) is 0 Å². The molecule has 5 heteroatoms. The lowest BCUT2D eigenvalue weighted by Gasteiger charge is -2.21. The van der Waals surface area contributed by atoms with Gasteiger partial charge in [-0.25, -0.2) is 0 Å². The van der Waals surface area contributed by atoms with Gasteiger partial charge in [-0.15, -0.1) is 0 Å². The van der Waals surface area contributed by atoms with Crippen LogP contribution in [0, 0.1) is 0 Å². The number of benzene rings is 2. The van der Waals surface area contributed by atoms with Crippen LogP contribution in [-0.2, 0) is 4.79 Å². The minimum atomic E-state index is -0.507. The van der Waals surface area contributed by atoms with Crippen LogP contribution in [0.1, 0.15) is 48.9 Å². The maximum Gasteiger partial charge on any atom is 0.251 e. The molecule has 0 radical (unpaired) electrons. The summed E-state index contributed by atoms with van der Waals surface area (Å²) < 4.78 is 12.0. The molecule has 2 aliphatic rings. The molecular formula is C21H21NO4. The van der Waals surface area contributed by atoms with E-state index in [1.54, 1.807) is 24.3 Å². The molecule has 1 spiro atoms. The maximum atomic E-state index is 12.2. The second-order valence-corrected chi connectivity index (χ2v) is 6.82. The number of hydrogen-bond acceptors (Lipinski definition) is 4. The first-order valence-corrected chi connectivity index (χ1v) is 9.04. The molecule has 1 aliphatic carbocycles. The van der Waals surface area contributed by atoms with Gasteiger partial charge in [0.1, 0.15) is 0 Å². The predicted molar refractivity (Wildman–Crippen MR) is 97.5 cm³/mol. The number of carbonyl (C=O) groups excluding carboxylic acids is 2. The van der Waals surface area contributed by atoms with Gasteiger partial charge >= 0.3 is 0 Å². The Bertz CT molecular complexity index is 825. The molecule has 0 bridgehead atoms. The molecule has 1 saturated carbocycles. The molecule has 1 heterocycles. The molecule has 0 aromatic heterocycles. The molecule has 2 aromatic rings. The summed E-state index contributed by atoms with van der Waals surface area (Å²) in [5, 5.41) is 2.83. The van der Waals surface area contributed by atoms with Crippen LogP contribution in [0.5, 0.6) is 11.5 Å². The van der Waals surface area contributed by atoms with Gasteiger partial charge in [0.25, 0.3) is 5.79 Å². The largest absolute Gasteiger partial charge is 0.448 e. The van der Waals surface area contributed by atoms with E-state index in [0.29, 0.717) is 17.0 Å². The van der Waals surface area contributed by atoms with Crippen molar-refractivity contribution in [1.82, 2.24) is 0 Å². The Kier molecular flexibility index (Phi) is 4.37. The first-order valence-electron chi connectivity index (χ1n) is 9.04. The van der Waals surface area contributed by atoms with Crippen LogP contribution in [0.2, 0.25) is 0 Å². The third-order valence-electron chi connectivity index (χ3n) is 4.86. The van der Waals surface area contributed by atoms with E-state index in [2.05, 4.69) is 5.32 Å². The Hall–Kier alpha value is -2.82. The van der Waals surface area contributed by atoms with E-state index >= 15 is 0 Å². The molecule has 0 saturated heterocycles. The molecule has 2 aromatic carbocycles. The Morgan fingerprint density at radius 2 is 1.65 bits per heavy atom. The van der Waals surface area contributed by atoms with Crippen molar-refractivity contribution >= 4 is 17.4 Å². The zero-order chi connectivity index (χ0) is 18.0. The molecule has 26 heavy (non-hydrogen) atoms. The van der Waals surface area contributed by atoms with Crippen molar-refractivity contribution in [3.63, 3.8) is 0 Å². The van der Waals surface area contributed by atoms with E-state index in [4.69, 9.17) is 9.47 Å². The zero-order valence-electron chi connectivity index (χ0n) is 14.5. The van der Waals surface area contributed by atoms with Crippen LogP contribution in [0.25, 0.3) is 0 Å². The minimum absolute atomic E-state index is 0.0328. The van der Waals surface area contributed by atoms with Gasteiger partial charge in [-0.2, -0.15) is 0 Å². The lowest BCUT2D eigenvalue weighted by atomic mass is 10.1. The average Bonchev–Trinajstić information content (AvgIpc) is 3.26. The molecule has 1 N–H and O–H groups in total. The fourth-order valence-corrected chi connectivity index (χ4v) is 3.51. The van der Waals surface area contributed by atoms with Crippen molar-refractivity contribution in [2.75, 3.05) is 5.32 Å². The first kappa shape index (κ1) is 16.6. The van der Waals surface area contributed by atoms with Gasteiger partial charge in [0, 0.05) is 43.0 Å². The number of fused-ring (bicyclic) bond motifs is 1. The normalized spacial score (nSPS) is 16.6. The summed E-state index contributed by atoms with van der Waals surface area (Å²) in [6.45, 7) is 0. The van der Waals surface area contributed by atoms with Gasteiger partial charge in [0.15, 0.2) is 17.3 Å². The topological polar surface area (TPSA) is 64.6 Å². The summed E-state index contributed by atoms with van der Waals surface area (Å²) in [5.41, 5.74) is 1.28. The fourth-order valence-electron chi connectivity index (χ4n) is 3.51. The number of ether oxygens (including phenoxy) is 2. The monoisotopic (exact) mass is 351 g/mol. The minimum Gasteiger partial charge on any atom is -0.448 e. The van der Waals surface area contributed by atoms with Crippen molar-refractivity contribution in [3.05, 3.63) is 54.1 Å². The summed E-state index contributed by atoms with van der Waals surface area (Å²) in [4.78, 5) is 24.2. The lowest BCUT2D eigenvalue weighted by Crippen LogP contribution is -2.34. The van der Waals surface area contributed by atoms with Gasteiger partial charge < -0.3 is 14.8 Å². The molecule has 5 nitrogen and oxygen atoms in total. The molecule has 1 aliphatic heterocycles.